The second-order valence-electron chi connectivity index (χ2n) is 4.00. The maximum atomic E-state index is 4.34. The van der Waals surface area contributed by atoms with Gasteiger partial charge in [-0.25, -0.2) is 4.98 Å². The number of thioether (sulfide) groups is 1. The number of anilines is 1. The Morgan fingerprint density at radius 3 is 2.68 bits per heavy atom. The number of nitrogens with one attached hydrogen (secondary N) is 1. The van der Waals surface area contributed by atoms with Gasteiger partial charge in [0.2, 0.25) is 5.16 Å². The molecule has 98 valence electrons. The molecule has 1 aromatic carbocycles. The Kier molecular flexibility index (Phi) is 4.46. The van der Waals surface area contributed by atoms with E-state index in [2.05, 4.69) is 32.6 Å². The first-order valence-electron chi connectivity index (χ1n) is 5.80. The third-order valence-electron chi connectivity index (χ3n) is 2.50. The van der Waals surface area contributed by atoms with Gasteiger partial charge in [0.15, 0.2) is 0 Å². The molecule has 0 atom stereocenters. The molecule has 2 rings (SSSR count). The van der Waals surface area contributed by atoms with Gasteiger partial charge in [-0.15, -0.1) is 5.10 Å². The van der Waals surface area contributed by atoms with Crippen LogP contribution in [0.15, 0.2) is 40.7 Å². The first-order chi connectivity index (χ1) is 9.19. The maximum Gasteiger partial charge on any atom is 0.209 e. The third kappa shape index (κ3) is 3.75. The van der Waals surface area contributed by atoms with Crippen LogP contribution in [0, 0.1) is 6.92 Å². The summed E-state index contributed by atoms with van der Waals surface area (Å²) >= 11 is 1.46. The number of nitrogens with zero attached hydrogens (tertiary/aromatic N) is 4. The molecule has 0 saturated heterocycles. The SMILES string of the molecule is CSc1nncc(/C(C)=N/Nc2ccc(C)cc2)n1. The first-order valence-corrected chi connectivity index (χ1v) is 7.02. The monoisotopic (exact) mass is 273 g/mol. The van der Waals surface area contributed by atoms with Gasteiger partial charge < -0.3 is 0 Å². The molecule has 0 fully saturated rings. The fourth-order valence-corrected chi connectivity index (χ4v) is 1.70. The van der Waals surface area contributed by atoms with Crippen LogP contribution in [0.25, 0.3) is 0 Å². The molecule has 19 heavy (non-hydrogen) atoms. The zero-order valence-electron chi connectivity index (χ0n) is 11.1. The molecule has 1 aromatic heterocycles. The highest BCUT2D eigenvalue weighted by molar-refractivity contribution is 7.98. The number of aryl methyl sites for hydroxylation is 1. The molecule has 5 nitrogen and oxygen atoms in total. The van der Waals surface area contributed by atoms with Crippen molar-refractivity contribution >= 4 is 23.2 Å². The van der Waals surface area contributed by atoms with Crippen molar-refractivity contribution in [3.8, 4) is 0 Å². The molecule has 1 N–H and O–H groups in total. The number of aromatic nitrogens is 3. The number of hydrogen-bond donors (Lipinski definition) is 1. The van der Waals surface area contributed by atoms with E-state index in [1.807, 2.05) is 37.4 Å². The molecule has 0 aliphatic carbocycles. The van der Waals surface area contributed by atoms with Crippen molar-refractivity contribution in [1.82, 2.24) is 15.2 Å². The molecule has 0 saturated carbocycles. The summed E-state index contributed by atoms with van der Waals surface area (Å²) in [6.45, 7) is 3.93. The highest BCUT2D eigenvalue weighted by atomic mass is 32.2. The van der Waals surface area contributed by atoms with Crippen LogP contribution in [0.5, 0.6) is 0 Å². The van der Waals surface area contributed by atoms with Crippen molar-refractivity contribution in [2.45, 2.75) is 19.0 Å². The lowest BCUT2D eigenvalue weighted by Crippen LogP contribution is -2.05. The lowest BCUT2D eigenvalue weighted by molar-refractivity contribution is 0.833. The number of hydrazone groups is 1. The van der Waals surface area contributed by atoms with Crippen molar-refractivity contribution < 1.29 is 0 Å². The Morgan fingerprint density at radius 1 is 1.26 bits per heavy atom. The van der Waals surface area contributed by atoms with Crippen molar-refractivity contribution in [2.24, 2.45) is 5.10 Å². The van der Waals surface area contributed by atoms with E-state index in [0.29, 0.717) is 5.16 Å². The van der Waals surface area contributed by atoms with Crippen molar-refractivity contribution in [3.63, 3.8) is 0 Å². The predicted octanol–water partition coefficient (Wildman–Crippen LogP) is 2.74. The van der Waals surface area contributed by atoms with Gasteiger partial charge in [-0.2, -0.15) is 10.2 Å². The van der Waals surface area contributed by atoms with Crippen LogP contribution < -0.4 is 5.43 Å². The van der Waals surface area contributed by atoms with E-state index < -0.39 is 0 Å². The van der Waals surface area contributed by atoms with Gasteiger partial charge in [0.1, 0.15) is 5.69 Å². The fourth-order valence-electron chi connectivity index (χ4n) is 1.38. The second kappa shape index (κ2) is 6.29. The standard InChI is InChI=1S/C13H15N5S/c1-9-4-6-11(7-5-9)17-16-10(2)12-8-14-18-13(15-12)19-3/h4-8,17H,1-3H3/b16-10+. The summed E-state index contributed by atoms with van der Waals surface area (Å²) in [5, 5.41) is 12.7. The van der Waals surface area contributed by atoms with E-state index >= 15 is 0 Å². The van der Waals surface area contributed by atoms with E-state index in [1.54, 1.807) is 6.20 Å². The van der Waals surface area contributed by atoms with Crippen molar-refractivity contribution in [2.75, 3.05) is 11.7 Å². The first kappa shape index (κ1) is 13.5. The van der Waals surface area contributed by atoms with Crippen molar-refractivity contribution in [3.05, 3.63) is 41.7 Å². The molecule has 6 heteroatoms. The Hall–Kier alpha value is -1.95. The molecule has 2 aromatic rings. The van der Waals surface area contributed by atoms with Gasteiger partial charge in [0.25, 0.3) is 0 Å². The molecule has 0 bridgehead atoms. The molecule has 0 aliphatic heterocycles. The Balaban J connectivity index is 2.11. The summed E-state index contributed by atoms with van der Waals surface area (Å²) < 4.78 is 0. The summed E-state index contributed by atoms with van der Waals surface area (Å²) in [6, 6.07) is 8.03. The van der Waals surface area contributed by atoms with Crippen LogP contribution in [0.2, 0.25) is 0 Å². The summed E-state index contributed by atoms with van der Waals surface area (Å²) in [5.41, 5.74) is 6.65. The zero-order chi connectivity index (χ0) is 13.7. The lowest BCUT2D eigenvalue weighted by atomic mass is 10.2. The van der Waals surface area contributed by atoms with Crippen LogP contribution in [-0.4, -0.2) is 27.1 Å². The fraction of sp³-hybridized carbons (Fsp3) is 0.231. The summed E-state index contributed by atoms with van der Waals surface area (Å²) in [7, 11) is 0. The van der Waals surface area contributed by atoms with E-state index in [1.165, 1.54) is 17.3 Å². The van der Waals surface area contributed by atoms with Gasteiger partial charge in [-0.05, 0) is 32.2 Å². The zero-order valence-corrected chi connectivity index (χ0v) is 11.9. The molecular formula is C13H15N5S. The second-order valence-corrected chi connectivity index (χ2v) is 4.78. The smallest absolute Gasteiger partial charge is 0.209 e. The number of benzene rings is 1. The molecule has 0 aliphatic rings. The normalized spacial score (nSPS) is 11.4. The molecule has 1 heterocycles. The third-order valence-corrected chi connectivity index (χ3v) is 3.04. The quantitative estimate of drug-likeness (QED) is 0.527. The average molecular weight is 273 g/mol. The molecule has 0 amide bonds. The number of hydrogen-bond acceptors (Lipinski definition) is 6. The lowest BCUT2D eigenvalue weighted by Gasteiger charge is -2.03. The van der Waals surface area contributed by atoms with Crippen LogP contribution in [-0.2, 0) is 0 Å². The van der Waals surface area contributed by atoms with Crippen LogP contribution in [0.3, 0.4) is 0 Å². The van der Waals surface area contributed by atoms with Crippen molar-refractivity contribution in [1.29, 1.82) is 0 Å². The van der Waals surface area contributed by atoms with Gasteiger partial charge in [-0.1, -0.05) is 29.5 Å². The van der Waals surface area contributed by atoms with Gasteiger partial charge in [0, 0.05) is 0 Å². The maximum absolute atomic E-state index is 4.34. The van der Waals surface area contributed by atoms with Crippen LogP contribution in [0.1, 0.15) is 18.2 Å². The Morgan fingerprint density at radius 2 is 2.00 bits per heavy atom. The summed E-state index contributed by atoms with van der Waals surface area (Å²) in [4.78, 5) is 4.34. The molecular weight excluding hydrogens is 258 g/mol. The summed E-state index contributed by atoms with van der Waals surface area (Å²) in [6.07, 6.45) is 3.52. The van der Waals surface area contributed by atoms with E-state index in [0.717, 1.165) is 17.1 Å². The minimum atomic E-state index is 0.641. The minimum absolute atomic E-state index is 0.641. The highest BCUT2D eigenvalue weighted by Gasteiger charge is 2.02. The Bertz CT molecular complexity index is 580. The summed E-state index contributed by atoms with van der Waals surface area (Å²) in [5.74, 6) is 0. The van der Waals surface area contributed by atoms with Gasteiger partial charge >= 0.3 is 0 Å². The predicted molar refractivity (Wildman–Crippen MR) is 78.6 cm³/mol. The Labute approximate surface area is 116 Å². The number of rotatable bonds is 4. The molecule has 0 unspecified atom stereocenters. The van der Waals surface area contributed by atoms with E-state index in [-0.39, 0.29) is 0 Å². The van der Waals surface area contributed by atoms with Crippen LogP contribution in [0.4, 0.5) is 5.69 Å². The van der Waals surface area contributed by atoms with E-state index in [9.17, 15) is 0 Å². The van der Waals surface area contributed by atoms with E-state index in [4.69, 9.17) is 0 Å². The van der Waals surface area contributed by atoms with Gasteiger partial charge in [-0.3, -0.25) is 5.43 Å². The topological polar surface area (TPSA) is 63.1 Å². The van der Waals surface area contributed by atoms with Crippen LogP contribution >= 0.6 is 11.8 Å². The molecule has 0 spiro atoms. The average Bonchev–Trinajstić information content (AvgIpc) is 2.46. The molecule has 0 radical (unpaired) electrons. The largest absolute Gasteiger partial charge is 0.278 e. The minimum Gasteiger partial charge on any atom is -0.278 e. The highest BCUT2D eigenvalue weighted by Crippen LogP contribution is 2.10. The van der Waals surface area contributed by atoms with Gasteiger partial charge in [0.05, 0.1) is 17.6 Å².